The molecule has 0 N–H and O–H groups in total. The SMILES string of the molecule is CCCCCC(CC(C)OC(=O)c1ccccc1)OC(=O)c1ccccc1. The molecule has 0 aliphatic heterocycles. The normalized spacial score (nSPS) is 12.8. The van der Waals surface area contributed by atoms with Crippen LogP contribution in [0, 0.1) is 0 Å². The lowest BCUT2D eigenvalue weighted by molar-refractivity contribution is 0.00123. The highest BCUT2D eigenvalue weighted by atomic mass is 16.6. The van der Waals surface area contributed by atoms with Gasteiger partial charge >= 0.3 is 11.9 Å². The molecular weight excluding hydrogens is 340 g/mol. The molecule has 0 heterocycles. The van der Waals surface area contributed by atoms with Crippen molar-refractivity contribution in [2.24, 2.45) is 0 Å². The Bertz CT molecular complexity index is 697. The highest BCUT2D eigenvalue weighted by Crippen LogP contribution is 2.17. The smallest absolute Gasteiger partial charge is 0.338 e. The Kier molecular flexibility index (Phi) is 8.56. The third kappa shape index (κ3) is 7.26. The number of hydrogen-bond donors (Lipinski definition) is 0. The molecule has 0 radical (unpaired) electrons. The highest BCUT2D eigenvalue weighted by molar-refractivity contribution is 5.90. The Morgan fingerprint density at radius 2 is 1.33 bits per heavy atom. The number of hydrogen-bond acceptors (Lipinski definition) is 4. The van der Waals surface area contributed by atoms with E-state index in [4.69, 9.17) is 9.47 Å². The van der Waals surface area contributed by atoms with Crippen LogP contribution in [0.3, 0.4) is 0 Å². The van der Waals surface area contributed by atoms with Crippen LogP contribution in [0.1, 0.15) is 66.7 Å². The van der Waals surface area contributed by atoms with Crippen molar-refractivity contribution >= 4 is 11.9 Å². The average molecular weight is 368 g/mol. The van der Waals surface area contributed by atoms with E-state index in [0.29, 0.717) is 17.5 Å². The van der Waals surface area contributed by atoms with Gasteiger partial charge in [0.15, 0.2) is 0 Å². The van der Waals surface area contributed by atoms with E-state index in [1.54, 1.807) is 36.4 Å². The molecule has 144 valence electrons. The van der Waals surface area contributed by atoms with E-state index in [1.807, 2.05) is 31.2 Å². The first-order valence-electron chi connectivity index (χ1n) is 9.62. The maximum absolute atomic E-state index is 12.4. The topological polar surface area (TPSA) is 52.6 Å². The van der Waals surface area contributed by atoms with Crippen molar-refractivity contribution in [1.82, 2.24) is 0 Å². The molecule has 0 amide bonds. The van der Waals surface area contributed by atoms with Gasteiger partial charge < -0.3 is 9.47 Å². The van der Waals surface area contributed by atoms with Crippen LogP contribution in [-0.2, 0) is 9.47 Å². The Hall–Kier alpha value is -2.62. The van der Waals surface area contributed by atoms with Gasteiger partial charge in [-0.25, -0.2) is 9.59 Å². The average Bonchev–Trinajstić information content (AvgIpc) is 2.69. The van der Waals surface area contributed by atoms with E-state index in [0.717, 1.165) is 25.7 Å². The molecule has 2 aromatic rings. The molecule has 4 heteroatoms. The van der Waals surface area contributed by atoms with Crippen LogP contribution >= 0.6 is 0 Å². The summed E-state index contributed by atoms with van der Waals surface area (Å²) >= 11 is 0. The van der Waals surface area contributed by atoms with Crippen molar-refractivity contribution in [3.63, 3.8) is 0 Å². The minimum absolute atomic E-state index is 0.275. The van der Waals surface area contributed by atoms with Gasteiger partial charge in [-0.1, -0.05) is 56.2 Å². The second-order valence-corrected chi connectivity index (χ2v) is 6.71. The fraction of sp³-hybridized carbons (Fsp3) is 0.391. The lowest BCUT2D eigenvalue weighted by atomic mass is 10.0. The fourth-order valence-corrected chi connectivity index (χ4v) is 2.88. The monoisotopic (exact) mass is 368 g/mol. The van der Waals surface area contributed by atoms with Crippen molar-refractivity contribution < 1.29 is 19.1 Å². The van der Waals surface area contributed by atoms with Gasteiger partial charge in [0.25, 0.3) is 0 Å². The van der Waals surface area contributed by atoms with Gasteiger partial charge in [-0.3, -0.25) is 0 Å². The minimum Gasteiger partial charge on any atom is -0.459 e. The van der Waals surface area contributed by atoms with Gasteiger partial charge in [-0.05, 0) is 44.0 Å². The molecule has 0 bridgehead atoms. The van der Waals surface area contributed by atoms with Gasteiger partial charge in [-0.2, -0.15) is 0 Å². The summed E-state index contributed by atoms with van der Waals surface area (Å²) in [6.07, 6.45) is 3.79. The maximum Gasteiger partial charge on any atom is 0.338 e. The summed E-state index contributed by atoms with van der Waals surface area (Å²) in [5, 5.41) is 0. The molecule has 2 rings (SSSR count). The summed E-state index contributed by atoms with van der Waals surface area (Å²) in [4.78, 5) is 24.6. The number of unbranched alkanes of at least 4 members (excludes halogenated alkanes) is 2. The van der Waals surface area contributed by atoms with E-state index in [2.05, 4.69) is 6.92 Å². The summed E-state index contributed by atoms with van der Waals surface area (Å²) in [5.41, 5.74) is 1.06. The van der Waals surface area contributed by atoms with Crippen molar-refractivity contribution in [1.29, 1.82) is 0 Å². The van der Waals surface area contributed by atoms with Crippen molar-refractivity contribution in [3.8, 4) is 0 Å². The molecule has 2 atom stereocenters. The Morgan fingerprint density at radius 1 is 0.815 bits per heavy atom. The molecule has 0 spiro atoms. The standard InChI is InChI=1S/C23H28O4/c1-3-4-7-16-21(27-23(25)20-14-10-6-11-15-20)17-18(2)26-22(24)19-12-8-5-9-13-19/h5-6,8-15,18,21H,3-4,7,16-17H2,1-2H3. The second-order valence-electron chi connectivity index (χ2n) is 6.71. The van der Waals surface area contributed by atoms with E-state index in [9.17, 15) is 9.59 Å². The molecule has 27 heavy (non-hydrogen) atoms. The van der Waals surface area contributed by atoms with Gasteiger partial charge in [-0.15, -0.1) is 0 Å². The summed E-state index contributed by atoms with van der Waals surface area (Å²) in [6.45, 7) is 3.97. The van der Waals surface area contributed by atoms with Crippen LogP contribution in [0.25, 0.3) is 0 Å². The van der Waals surface area contributed by atoms with Crippen LogP contribution in [-0.4, -0.2) is 24.1 Å². The molecule has 2 unspecified atom stereocenters. The van der Waals surface area contributed by atoms with Crippen molar-refractivity contribution in [3.05, 3.63) is 71.8 Å². The van der Waals surface area contributed by atoms with E-state index in [-0.39, 0.29) is 24.1 Å². The summed E-state index contributed by atoms with van der Waals surface area (Å²) < 4.78 is 11.2. The predicted octanol–water partition coefficient (Wildman–Crippen LogP) is 5.43. The van der Waals surface area contributed by atoms with Crippen LogP contribution in [0.15, 0.2) is 60.7 Å². The minimum atomic E-state index is -0.357. The van der Waals surface area contributed by atoms with E-state index in [1.165, 1.54) is 0 Å². The lowest BCUT2D eigenvalue weighted by Crippen LogP contribution is -2.26. The summed E-state index contributed by atoms with van der Waals surface area (Å²) in [5.74, 6) is -0.691. The highest BCUT2D eigenvalue weighted by Gasteiger charge is 2.21. The van der Waals surface area contributed by atoms with Crippen LogP contribution in [0.2, 0.25) is 0 Å². The number of carbonyl (C=O) groups is 2. The quantitative estimate of drug-likeness (QED) is 0.414. The maximum atomic E-state index is 12.4. The van der Waals surface area contributed by atoms with Crippen LogP contribution < -0.4 is 0 Å². The fourth-order valence-electron chi connectivity index (χ4n) is 2.88. The number of carbonyl (C=O) groups excluding carboxylic acids is 2. The zero-order chi connectivity index (χ0) is 19.5. The van der Waals surface area contributed by atoms with Crippen molar-refractivity contribution in [2.75, 3.05) is 0 Å². The first-order chi connectivity index (χ1) is 13.1. The largest absolute Gasteiger partial charge is 0.459 e. The van der Waals surface area contributed by atoms with E-state index >= 15 is 0 Å². The second kappa shape index (κ2) is 11.2. The molecule has 0 aliphatic carbocycles. The van der Waals surface area contributed by atoms with Gasteiger partial charge in [0.1, 0.15) is 12.2 Å². The number of benzene rings is 2. The third-order valence-corrected chi connectivity index (χ3v) is 4.33. The van der Waals surface area contributed by atoms with Crippen LogP contribution in [0.4, 0.5) is 0 Å². The van der Waals surface area contributed by atoms with Crippen molar-refractivity contribution in [2.45, 2.75) is 58.2 Å². The first-order valence-corrected chi connectivity index (χ1v) is 9.62. The molecule has 0 aliphatic rings. The summed E-state index contributed by atoms with van der Waals surface area (Å²) in [7, 11) is 0. The van der Waals surface area contributed by atoms with Gasteiger partial charge in [0.05, 0.1) is 11.1 Å². The molecular formula is C23H28O4. The van der Waals surface area contributed by atoms with Gasteiger partial charge in [0, 0.05) is 6.42 Å². The number of ether oxygens (including phenoxy) is 2. The third-order valence-electron chi connectivity index (χ3n) is 4.33. The Balaban J connectivity index is 1.94. The number of esters is 2. The first kappa shape index (κ1) is 20.7. The molecule has 2 aromatic carbocycles. The molecule has 0 fully saturated rings. The van der Waals surface area contributed by atoms with Gasteiger partial charge in [0.2, 0.25) is 0 Å². The zero-order valence-corrected chi connectivity index (χ0v) is 16.1. The van der Waals surface area contributed by atoms with Crippen LogP contribution in [0.5, 0.6) is 0 Å². The Labute approximate surface area is 161 Å². The molecule has 4 nitrogen and oxygen atoms in total. The van der Waals surface area contributed by atoms with E-state index < -0.39 is 0 Å². The number of rotatable bonds is 10. The predicted molar refractivity (Wildman–Crippen MR) is 106 cm³/mol. The molecule has 0 saturated heterocycles. The lowest BCUT2D eigenvalue weighted by Gasteiger charge is -2.22. The summed E-state index contributed by atoms with van der Waals surface area (Å²) in [6, 6.07) is 17.9. The molecule has 0 saturated carbocycles. The molecule has 0 aromatic heterocycles. The zero-order valence-electron chi connectivity index (χ0n) is 16.1. The Morgan fingerprint density at radius 3 is 1.85 bits per heavy atom.